The first-order chi connectivity index (χ1) is 11.1. The maximum Gasteiger partial charge on any atom is 0.311 e. The first-order valence-electron chi connectivity index (χ1n) is 7.49. The molecular formula is C15H20N2O6S. The molecule has 24 heavy (non-hydrogen) atoms. The Hall–Kier alpha value is -2.16. The Bertz CT molecular complexity index is 761. The zero-order valence-corrected chi connectivity index (χ0v) is 14.6. The largest absolute Gasteiger partial charge is 0.474 e. The van der Waals surface area contributed by atoms with Crippen molar-refractivity contribution in [2.24, 2.45) is 0 Å². The van der Waals surface area contributed by atoms with E-state index in [-0.39, 0.29) is 29.0 Å². The van der Waals surface area contributed by atoms with Crippen LogP contribution in [0.2, 0.25) is 0 Å². The van der Waals surface area contributed by atoms with Gasteiger partial charge in [-0.2, -0.15) is 0 Å². The number of hydrogen-bond acceptors (Lipinski definition) is 6. The second kappa shape index (κ2) is 6.76. The highest BCUT2D eigenvalue weighted by atomic mass is 32.2. The minimum atomic E-state index is -3.11. The van der Waals surface area contributed by atoms with E-state index in [9.17, 15) is 23.3 Å². The Labute approximate surface area is 140 Å². The van der Waals surface area contributed by atoms with Crippen LogP contribution in [0.5, 0.6) is 5.75 Å². The van der Waals surface area contributed by atoms with Gasteiger partial charge in [-0.3, -0.25) is 14.9 Å². The van der Waals surface area contributed by atoms with E-state index in [0.29, 0.717) is 12.0 Å². The minimum Gasteiger partial charge on any atom is -0.474 e. The Morgan fingerprint density at radius 2 is 2.12 bits per heavy atom. The molecule has 1 amide bonds. The lowest BCUT2D eigenvalue weighted by Gasteiger charge is -2.26. The van der Waals surface area contributed by atoms with Crippen LogP contribution in [0.1, 0.15) is 18.9 Å². The van der Waals surface area contributed by atoms with Crippen LogP contribution in [0.15, 0.2) is 18.2 Å². The zero-order chi connectivity index (χ0) is 18.1. The number of benzene rings is 1. The number of carbonyl (C=O) groups excluding carboxylic acids is 1. The molecule has 8 nitrogen and oxygen atoms in total. The van der Waals surface area contributed by atoms with Crippen LogP contribution in [0.4, 0.5) is 5.69 Å². The average Bonchev–Trinajstić information content (AvgIpc) is 2.87. The van der Waals surface area contributed by atoms with Gasteiger partial charge in [0.05, 0.1) is 16.4 Å². The normalized spacial score (nSPS) is 20.4. The van der Waals surface area contributed by atoms with Gasteiger partial charge in [-0.05, 0) is 31.9 Å². The number of sulfone groups is 1. The summed E-state index contributed by atoms with van der Waals surface area (Å²) in [4.78, 5) is 24.3. The van der Waals surface area contributed by atoms with Crippen LogP contribution in [-0.4, -0.2) is 54.8 Å². The molecule has 2 unspecified atom stereocenters. The van der Waals surface area contributed by atoms with Gasteiger partial charge in [0.25, 0.3) is 5.91 Å². The smallest absolute Gasteiger partial charge is 0.311 e. The third-order valence-electron chi connectivity index (χ3n) is 4.07. The van der Waals surface area contributed by atoms with E-state index in [0.717, 1.165) is 0 Å². The number of amides is 1. The monoisotopic (exact) mass is 356 g/mol. The Morgan fingerprint density at radius 3 is 2.67 bits per heavy atom. The number of carbonyl (C=O) groups is 1. The molecule has 1 aliphatic rings. The second-order valence-corrected chi connectivity index (χ2v) is 8.22. The van der Waals surface area contributed by atoms with Crippen molar-refractivity contribution in [3.05, 3.63) is 33.9 Å². The summed E-state index contributed by atoms with van der Waals surface area (Å²) in [7, 11) is -1.58. The molecule has 9 heteroatoms. The zero-order valence-electron chi connectivity index (χ0n) is 13.8. The summed E-state index contributed by atoms with van der Waals surface area (Å²) in [6.45, 7) is 3.21. The summed E-state index contributed by atoms with van der Waals surface area (Å²) < 4.78 is 28.5. The van der Waals surface area contributed by atoms with Gasteiger partial charge in [-0.25, -0.2) is 8.42 Å². The molecule has 0 radical (unpaired) electrons. The number of likely N-dealkylation sites (N-methyl/N-ethyl adjacent to an activating group) is 1. The topological polar surface area (TPSA) is 107 Å². The first kappa shape index (κ1) is 18.2. The van der Waals surface area contributed by atoms with E-state index in [4.69, 9.17) is 4.74 Å². The molecule has 132 valence electrons. The molecule has 2 atom stereocenters. The number of nitro groups is 1. The van der Waals surface area contributed by atoms with Gasteiger partial charge >= 0.3 is 5.69 Å². The van der Waals surface area contributed by atoms with Crippen molar-refractivity contribution in [3.63, 3.8) is 0 Å². The highest BCUT2D eigenvalue weighted by Gasteiger charge is 2.35. The van der Waals surface area contributed by atoms with Crippen molar-refractivity contribution < 1.29 is 22.9 Å². The lowest BCUT2D eigenvalue weighted by atomic mass is 10.2. The van der Waals surface area contributed by atoms with Gasteiger partial charge < -0.3 is 9.64 Å². The van der Waals surface area contributed by atoms with Gasteiger partial charge in [-0.15, -0.1) is 0 Å². The molecular weight excluding hydrogens is 336 g/mol. The molecule has 1 aliphatic heterocycles. The lowest BCUT2D eigenvalue weighted by molar-refractivity contribution is -0.386. The molecule has 1 saturated heterocycles. The average molecular weight is 356 g/mol. The summed E-state index contributed by atoms with van der Waals surface area (Å²) in [6, 6.07) is 4.10. The number of aryl methyl sites for hydroxylation is 1. The van der Waals surface area contributed by atoms with Crippen molar-refractivity contribution >= 4 is 21.4 Å². The highest BCUT2D eigenvalue weighted by molar-refractivity contribution is 7.91. The van der Waals surface area contributed by atoms with Gasteiger partial charge in [0.15, 0.2) is 21.7 Å². The van der Waals surface area contributed by atoms with Crippen LogP contribution in [-0.2, 0) is 14.6 Å². The molecule has 1 fully saturated rings. The Kier molecular flexibility index (Phi) is 5.12. The summed E-state index contributed by atoms with van der Waals surface area (Å²) in [5, 5.41) is 11.1. The molecule has 2 rings (SSSR count). The minimum absolute atomic E-state index is 0.0129. The number of hydrogen-bond donors (Lipinski definition) is 0. The van der Waals surface area contributed by atoms with Gasteiger partial charge in [0.2, 0.25) is 0 Å². The summed E-state index contributed by atoms with van der Waals surface area (Å²) in [5.74, 6) is -0.397. The maximum atomic E-state index is 12.4. The molecule has 0 aromatic heterocycles. The summed E-state index contributed by atoms with van der Waals surface area (Å²) in [5.41, 5.74) is 0.502. The molecule has 0 spiro atoms. The Morgan fingerprint density at radius 1 is 1.46 bits per heavy atom. The SMILES string of the molecule is Cc1ccc(OC(C)C(=O)N(C)C2CCS(=O)(=O)C2)c([N+](=O)[O-])c1. The molecule has 0 bridgehead atoms. The van der Waals surface area contributed by atoms with E-state index < -0.39 is 26.8 Å². The predicted octanol–water partition coefficient (Wildman–Crippen LogP) is 1.32. The molecule has 1 aromatic rings. The van der Waals surface area contributed by atoms with Crippen molar-refractivity contribution in [2.45, 2.75) is 32.4 Å². The third kappa shape index (κ3) is 4.02. The first-order valence-corrected chi connectivity index (χ1v) is 9.31. The van der Waals surface area contributed by atoms with E-state index >= 15 is 0 Å². The van der Waals surface area contributed by atoms with E-state index in [2.05, 4.69) is 0 Å². The highest BCUT2D eigenvalue weighted by Crippen LogP contribution is 2.29. The molecule has 1 heterocycles. The molecule has 0 N–H and O–H groups in total. The maximum absolute atomic E-state index is 12.4. The molecule has 0 saturated carbocycles. The summed E-state index contributed by atoms with van der Waals surface area (Å²) >= 11 is 0. The van der Waals surface area contributed by atoms with Gasteiger partial charge in [0, 0.05) is 19.2 Å². The quantitative estimate of drug-likeness (QED) is 0.582. The van der Waals surface area contributed by atoms with E-state index in [1.54, 1.807) is 13.0 Å². The van der Waals surface area contributed by atoms with Crippen molar-refractivity contribution in [1.82, 2.24) is 4.90 Å². The standard InChI is InChI=1S/C15H20N2O6S/c1-10-4-5-14(13(8-10)17(19)20)23-11(2)15(18)16(3)12-6-7-24(21,22)9-12/h4-5,8,11-12H,6-7,9H2,1-3H3. The van der Waals surface area contributed by atoms with E-state index in [1.165, 1.54) is 31.0 Å². The van der Waals surface area contributed by atoms with E-state index in [1.807, 2.05) is 0 Å². The fourth-order valence-electron chi connectivity index (χ4n) is 2.66. The van der Waals surface area contributed by atoms with Crippen LogP contribution >= 0.6 is 0 Å². The van der Waals surface area contributed by atoms with Crippen LogP contribution in [0, 0.1) is 17.0 Å². The number of rotatable bonds is 5. The fraction of sp³-hybridized carbons (Fsp3) is 0.533. The number of nitro benzene ring substituents is 1. The van der Waals surface area contributed by atoms with Crippen LogP contribution in [0.3, 0.4) is 0 Å². The van der Waals surface area contributed by atoms with Crippen molar-refractivity contribution in [1.29, 1.82) is 0 Å². The number of ether oxygens (including phenoxy) is 1. The number of nitrogens with zero attached hydrogens (tertiary/aromatic N) is 2. The lowest BCUT2D eigenvalue weighted by Crippen LogP contribution is -2.44. The fourth-order valence-corrected chi connectivity index (χ4v) is 4.43. The molecule has 1 aromatic carbocycles. The Balaban J connectivity index is 2.11. The predicted molar refractivity (Wildman–Crippen MR) is 87.8 cm³/mol. The van der Waals surface area contributed by atoms with Gasteiger partial charge in [0.1, 0.15) is 0 Å². The summed E-state index contributed by atoms with van der Waals surface area (Å²) in [6.07, 6.45) is -0.568. The second-order valence-electron chi connectivity index (χ2n) is 5.99. The van der Waals surface area contributed by atoms with Crippen LogP contribution in [0.25, 0.3) is 0 Å². The third-order valence-corrected chi connectivity index (χ3v) is 5.82. The van der Waals surface area contributed by atoms with Crippen LogP contribution < -0.4 is 4.74 Å². The van der Waals surface area contributed by atoms with Crippen molar-refractivity contribution in [2.75, 3.05) is 18.6 Å². The molecule has 0 aliphatic carbocycles. The van der Waals surface area contributed by atoms with Crippen molar-refractivity contribution in [3.8, 4) is 5.75 Å². The van der Waals surface area contributed by atoms with Gasteiger partial charge in [-0.1, -0.05) is 6.07 Å².